The van der Waals surface area contributed by atoms with Crippen LogP contribution < -0.4 is 4.90 Å². The van der Waals surface area contributed by atoms with Gasteiger partial charge in [-0.05, 0) is 18.9 Å². The van der Waals surface area contributed by atoms with Gasteiger partial charge in [0.25, 0.3) is 0 Å². The van der Waals surface area contributed by atoms with Crippen molar-refractivity contribution in [3.63, 3.8) is 0 Å². The predicted molar refractivity (Wildman–Crippen MR) is 63.4 cm³/mol. The maximum Gasteiger partial charge on any atom is 0.169 e. The lowest BCUT2D eigenvalue weighted by atomic mass is 9.91. The number of aromatic nitrogens is 2. The highest BCUT2D eigenvalue weighted by Crippen LogP contribution is 2.26. The lowest BCUT2D eigenvalue weighted by molar-refractivity contribution is 0.106. The second-order valence-electron chi connectivity index (χ2n) is 4.41. The molecule has 0 bridgehead atoms. The van der Waals surface area contributed by atoms with Crippen molar-refractivity contribution in [3.05, 3.63) is 17.8 Å². The van der Waals surface area contributed by atoms with Crippen molar-refractivity contribution in [1.29, 1.82) is 5.26 Å². The van der Waals surface area contributed by atoms with Gasteiger partial charge in [0.2, 0.25) is 0 Å². The Morgan fingerprint density at radius 1 is 1.47 bits per heavy atom. The maximum absolute atomic E-state index is 9.99. The van der Waals surface area contributed by atoms with Crippen LogP contribution in [0.5, 0.6) is 0 Å². The average molecular weight is 232 g/mol. The van der Waals surface area contributed by atoms with E-state index in [9.17, 15) is 5.11 Å². The van der Waals surface area contributed by atoms with E-state index in [2.05, 4.69) is 16.3 Å². The van der Waals surface area contributed by atoms with E-state index in [1.807, 2.05) is 11.9 Å². The third-order valence-corrected chi connectivity index (χ3v) is 3.35. The van der Waals surface area contributed by atoms with E-state index in [1.54, 1.807) is 6.07 Å². The average Bonchev–Trinajstić information content (AvgIpc) is 2.38. The Balaban J connectivity index is 2.24. The van der Waals surface area contributed by atoms with Crippen LogP contribution in [-0.2, 0) is 0 Å². The molecular formula is C12H16N4O. The van der Waals surface area contributed by atoms with Gasteiger partial charge >= 0.3 is 0 Å². The third-order valence-electron chi connectivity index (χ3n) is 3.35. The van der Waals surface area contributed by atoms with Crippen molar-refractivity contribution in [2.75, 3.05) is 11.9 Å². The summed E-state index contributed by atoms with van der Waals surface area (Å²) in [6.07, 6.45) is 5.08. The number of hydrogen-bond donors (Lipinski definition) is 1. The van der Waals surface area contributed by atoms with Crippen LogP contribution in [0.2, 0.25) is 0 Å². The van der Waals surface area contributed by atoms with E-state index in [4.69, 9.17) is 5.26 Å². The molecule has 0 spiro atoms. The smallest absolute Gasteiger partial charge is 0.169 e. The second kappa shape index (κ2) is 5.11. The number of aliphatic hydroxyl groups is 1. The molecule has 1 fully saturated rings. The number of rotatable bonds is 2. The summed E-state index contributed by atoms with van der Waals surface area (Å²) in [7, 11) is 1.87. The predicted octanol–water partition coefficient (Wildman–Crippen LogP) is 1.09. The van der Waals surface area contributed by atoms with Crippen LogP contribution in [0.15, 0.2) is 12.3 Å². The molecule has 2 unspecified atom stereocenters. The molecule has 2 rings (SSSR count). The molecule has 0 aromatic carbocycles. The zero-order chi connectivity index (χ0) is 12.3. The fourth-order valence-electron chi connectivity index (χ4n) is 2.37. The van der Waals surface area contributed by atoms with Gasteiger partial charge in [-0.1, -0.05) is 12.8 Å². The molecule has 1 aromatic heterocycles. The first-order valence-corrected chi connectivity index (χ1v) is 5.86. The van der Waals surface area contributed by atoms with Gasteiger partial charge in [0.15, 0.2) is 5.82 Å². The summed E-state index contributed by atoms with van der Waals surface area (Å²) in [6.45, 7) is 0. The Labute approximate surface area is 101 Å². The molecule has 1 aromatic rings. The zero-order valence-corrected chi connectivity index (χ0v) is 9.87. The maximum atomic E-state index is 9.99. The summed E-state index contributed by atoms with van der Waals surface area (Å²) >= 11 is 0. The molecule has 0 aliphatic heterocycles. The van der Waals surface area contributed by atoms with Crippen LogP contribution in [0.4, 0.5) is 5.82 Å². The number of likely N-dealkylation sites (N-methyl/N-ethyl adjacent to an activating group) is 1. The van der Waals surface area contributed by atoms with E-state index < -0.39 is 0 Å². The quantitative estimate of drug-likeness (QED) is 0.826. The second-order valence-corrected chi connectivity index (χ2v) is 4.41. The van der Waals surface area contributed by atoms with E-state index >= 15 is 0 Å². The summed E-state index contributed by atoms with van der Waals surface area (Å²) in [4.78, 5) is 1.88. The number of anilines is 1. The molecule has 0 radical (unpaired) electrons. The van der Waals surface area contributed by atoms with Crippen molar-refractivity contribution in [2.45, 2.75) is 37.8 Å². The van der Waals surface area contributed by atoms with Crippen LogP contribution in [0, 0.1) is 11.3 Å². The lowest BCUT2D eigenvalue weighted by Gasteiger charge is -2.35. The van der Waals surface area contributed by atoms with E-state index in [1.165, 1.54) is 6.20 Å². The Kier molecular flexibility index (Phi) is 3.55. The van der Waals surface area contributed by atoms with Crippen molar-refractivity contribution < 1.29 is 5.11 Å². The first-order chi connectivity index (χ1) is 8.24. The molecule has 17 heavy (non-hydrogen) atoms. The van der Waals surface area contributed by atoms with Gasteiger partial charge in [0.05, 0.1) is 23.9 Å². The molecular weight excluding hydrogens is 216 g/mol. The fraction of sp³-hybridized carbons (Fsp3) is 0.583. The number of hydrogen-bond acceptors (Lipinski definition) is 5. The zero-order valence-electron chi connectivity index (χ0n) is 9.87. The van der Waals surface area contributed by atoms with Crippen LogP contribution in [-0.4, -0.2) is 34.5 Å². The van der Waals surface area contributed by atoms with Crippen molar-refractivity contribution >= 4 is 5.82 Å². The van der Waals surface area contributed by atoms with Crippen molar-refractivity contribution in [2.24, 2.45) is 0 Å². The van der Waals surface area contributed by atoms with Gasteiger partial charge in [0.1, 0.15) is 6.07 Å². The number of aliphatic hydroxyl groups excluding tert-OH is 1. The van der Waals surface area contributed by atoms with Gasteiger partial charge < -0.3 is 10.0 Å². The summed E-state index contributed by atoms with van der Waals surface area (Å²) in [5, 5.41) is 26.8. The minimum Gasteiger partial charge on any atom is -0.391 e. The van der Waals surface area contributed by atoms with E-state index in [0.29, 0.717) is 11.4 Å². The normalized spacial score (nSPS) is 24.1. The topological polar surface area (TPSA) is 73.0 Å². The Morgan fingerprint density at radius 3 is 2.94 bits per heavy atom. The molecule has 5 nitrogen and oxygen atoms in total. The molecule has 5 heteroatoms. The van der Waals surface area contributed by atoms with Gasteiger partial charge in [-0.2, -0.15) is 10.4 Å². The van der Waals surface area contributed by atoms with E-state index in [0.717, 1.165) is 25.7 Å². The lowest BCUT2D eigenvalue weighted by Crippen LogP contribution is -2.44. The summed E-state index contributed by atoms with van der Waals surface area (Å²) < 4.78 is 0. The molecule has 0 amide bonds. The van der Waals surface area contributed by atoms with Crippen molar-refractivity contribution in [1.82, 2.24) is 10.2 Å². The molecule has 1 aliphatic rings. The van der Waals surface area contributed by atoms with Crippen LogP contribution in [0.1, 0.15) is 31.2 Å². The largest absolute Gasteiger partial charge is 0.391 e. The number of nitriles is 1. The molecule has 1 N–H and O–H groups in total. The highest BCUT2D eigenvalue weighted by molar-refractivity contribution is 5.52. The van der Waals surface area contributed by atoms with Gasteiger partial charge in [0, 0.05) is 7.05 Å². The molecule has 0 saturated heterocycles. The Hall–Kier alpha value is -1.67. The van der Waals surface area contributed by atoms with Crippen LogP contribution in [0.25, 0.3) is 0 Å². The van der Waals surface area contributed by atoms with Crippen LogP contribution >= 0.6 is 0 Å². The summed E-state index contributed by atoms with van der Waals surface area (Å²) in [5.41, 5.74) is 0.500. The highest BCUT2D eigenvalue weighted by atomic mass is 16.3. The third kappa shape index (κ3) is 2.37. The van der Waals surface area contributed by atoms with E-state index in [-0.39, 0.29) is 12.1 Å². The monoisotopic (exact) mass is 232 g/mol. The SMILES string of the molecule is CN(c1nnccc1C#N)C1CCCCC1O. The summed E-state index contributed by atoms with van der Waals surface area (Å²) in [5.74, 6) is 0.556. The highest BCUT2D eigenvalue weighted by Gasteiger charge is 2.28. The van der Waals surface area contributed by atoms with Gasteiger partial charge in [-0.3, -0.25) is 0 Å². The van der Waals surface area contributed by atoms with Crippen molar-refractivity contribution in [3.8, 4) is 6.07 Å². The minimum absolute atomic E-state index is 0.0348. The minimum atomic E-state index is -0.345. The Bertz CT molecular complexity index is 429. The first kappa shape index (κ1) is 11.8. The molecule has 2 atom stereocenters. The molecule has 1 saturated carbocycles. The number of nitrogens with zero attached hydrogens (tertiary/aromatic N) is 4. The molecule has 90 valence electrons. The molecule has 1 heterocycles. The summed E-state index contributed by atoms with van der Waals surface area (Å²) in [6, 6.07) is 3.79. The fourth-order valence-corrected chi connectivity index (χ4v) is 2.37. The van der Waals surface area contributed by atoms with Gasteiger partial charge in [-0.15, -0.1) is 5.10 Å². The van der Waals surface area contributed by atoms with Crippen LogP contribution in [0.3, 0.4) is 0 Å². The van der Waals surface area contributed by atoms with Gasteiger partial charge in [-0.25, -0.2) is 0 Å². The first-order valence-electron chi connectivity index (χ1n) is 5.86. The molecule has 1 aliphatic carbocycles. The standard InChI is InChI=1S/C12H16N4O/c1-16(10-4-2-3-5-11(10)17)12-9(8-13)6-7-14-15-12/h6-7,10-11,17H,2-5H2,1H3. The Morgan fingerprint density at radius 2 is 2.24 bits per heavy atom.